The monoisotopic (exact) mass is 230 g/mol. The lowest BCUT2D eigenvalue weighted by Gasteiger charge is -2.35. The summed E-state index contributed by atoms with van der Waals surface area (Å²) in [4.78, 5) is 14.1. The molecule has 0 rings (SSSR count). The number of hydrogen-bond acceptors (Lipinski definition) is 3. The highest BCUT2D eigenvalue weighted by atomic mass is 16.3. The van der Waals surface area contributed by atoms with Crippen molar-refractivity contribution in [1.29, 1.82) is 0 Å². The number of rotatable bonds is 7. The fourth-order valence-corrected chi connectivity index (χ4v) is 1.67. The maximum absolute atomic E-state index is 12.3. The first kappa shape index (κ1) is 15.4. The van der Waals surface area contributed by atoms with E-state index in [1.54, 1.807) is 4.90 Å². The Bertz CT molecular complexity index is 213. The van der Waals surface area contributed by atoms with E-state index in [4.69, 9.17) is 10.8 Å². The lowest BCUT2D eigenvalue weighted by Crippen LogP contribution is -2.56. The van der Waals surface area contributed by atoms with Gasteiger partial charge >= 0.3 is 0 Å². The van der Waals surface area contributed by atoms with Crippen LogP contribution in [0.5, 0.6) is 0 Å². The SMILES string of the molecule is CCC(N)(CC)C(=O)N(CCCO)C(C)C. The van der Waals surface area contributed by atoms with Crippen LogP contribution in [0, 0.1) is 0 Å². The van der Waals surface area contributed by atoms with Crippen LogP contribution in [0.3, 0.4) is 0 Å². The molecule has 0 fully saturated rings. The molecule has 3 N–H and O–H groups in total. The second-order valence-corrected chi connectivity index (χ2v) is 4.53. The molecular weight excluding hydrogens is 204 g/mol. The van der Waals surface area contributed by atoms with Gasteiger partial charge in [-0.25, -0.2) is 0 Å². The van der Waals surface area contributed by atoms with Crippen molar-refractivity contribution in [2.45, 2.75) is 58.5 Å². The van der Waals surface area contributed by atoms with Gasteiger partial charge < -0.3 is 15.7 Å². The number of nitrogens with two attached hydrogens (primary N) is 1. The molecule has 0 heterocycles. The van der Waals surface area contributed by atoms with Gasteiger partial charge in [0.2, 0.25) is 5.91 Å². The highest BCUT2D eigenvalue weighted by Gasteiger charge is 2.34. The summed E-state index contributed by atoms with van der Waals surface area (Å²) in [7, 11) is 0. The number of amides is 1. The fourth-order valence-electron chi connectivity index (χ4n) is 1.67. The topological polar surface area (TPSA) is 66.6 Å². The Hall–Kier alpha value is -0.610. The quantitative estimate of drug-likeness (QED) is 0.689. The molecule has 0 aromatic carbocycles. The van der Waals surface area contributed by atoms with Crippen LogP contribution >= 0.6 is 0 Å². The summed E-state index contributed by atoms with van der Waals surface area (Å²) in [6.07, 6.45) is 1.89. The van der Waals surface area contributed by atoms with Gasteiger partial charge in [0.15, 0.2) is 0 Å². The second kappa shape index (κ2) is 6.86. The van der Waals surface area contributed by atoms with Crippen molar-refractivity contribution in [2.75, 3.05) is 13.2 Å². The minimum atomic E-state index is -0.750. The van der Waals surface area contributed by atoms with E-state index in [0.717, 1.165) is 0 Å². The normalized spacial score (nSPS) is 11.9. The van der Waals surface area contributed by atoms with Crippen LogP contribution < -0.4 is 5.73 Å². The molecule has 0 saturated carbocycles. The van der Waals surface area contributed by atoms with Gasteiger partial charge in [-0.1, -0.05) is 13.8 Å². The zero-order chi connectivity index (χ0) is 12.8. The van der Waals surface area contributed by atoms with Crippen molar-refractivity contribution in [2.24, 2.45) is 5.73 Å². The van der Waals surface area contributed by atoms with Gasteiger partial charge in [-0.2, -0.15) is 0 Å². The molecule has 1 amide bonds. The van der Waals surface area contributed by atoms with E-state index in [9.17, 15) is 4.79 Å². The van der Waals surface area contributed by atoms with E-state index in [-0.39, 0.29) is 18.6 Å². The van der Waals surface area contributed by atoms with Crippen molar-refractivity contribution in [3.8, 4) is 0 Å². The van der Waals surface area contributed by atoms with Crippen LogP contribution in [-0.2, 0) is 4.79 Å². The minimum absolute atomic E-state index is 0.000880. The van der Waals surface area contributed by atoms with Gasteiger partial charge in [0, 0.05) is 19.2 Å². The van der Waals surface area contributed by atoms with Crippen LogP contribution in [-0.4, -0.2) is 40.6 Å². The first-order valence-electron chi connectivity index (χ1n) is 6.13. The highest BCUT2D eigenvalue weighted by molar-refractivity contribution is 5.86. The van der Waals surface area contributed by atoms with Crippen molar-refractivity contribution in [1.82, 2.24) is 4.90 Å². The molecule has 0 aromatic rings. The molecule has 0 bridgehead atoms. The molecule has 0 aromatic heterocycles. The number of carbonyl (C=O) groups excluding carboxylic acids is 1. The Labute approximate surface area is 98.8 Å². The molecule has 4 nitrogen and oxygen atoms in total. The lowest BCUT2D eigenvalue weighted by molar-refractivity contribution is -0.139. The van der Waals surface area contributed by atoms with Crippen LogP contribution in [0.2, 0.25) is 0 Å². The third-order valence-electron chi connectivity index (χ3n) is 3.13. The summed E-state index contributed by atoms with van der Waals surface area (Å²) < 4.78 is 0. The average molecular weight is 230 g/mol. The Morgan fingerprint density at radius 1 is 1.38 bits per heavy atom. The third-order valence-corrected chi connectivity index (χ3v) is 3.13. The molecule has 4 heteroatoms. The Kier molecular flexibility index (Phi) is 6.60. The van der Waals surface area contributed by atoms with Crippen LogP contribution in [0.1, 0.15) is 47.0 Å². The van der Waals surface area contributed by atoms with Crippen molar-refractivity contribution in [3.63, 3.8) is 0 Å². The van der Waals surface area contributed by atoms with Gasteiger partial charge in [0.1, 0.15) is 0 Å². The summed E-state index contributed by atoms with van der Waals surface area (Å²) in [6.45, 7) is 8.50. The van der Waals surface area contributed by atoms with Crippen molar-refractivity contribution < 1.29 is 9.90 Å². The number of nitrogens with zero attached hydrogens (tertiary/aromatic N) is 1. The number of hydrogen-bond donors (Lipinski definition) is 2. The standard InChI is InChI=1S/C12H26N2O2/c1-5-12(13,6-2)11(16)14(10(3)4)8-7-9-15/h10,15H,5-9,13H2,1-4H3. The van der Waals surface area contributed by atoms with Gasteiger partial charge in [-0.15, -0.1) is 0 Å². The summed E-state index contributed by atoms with van der Waals surface area (Å²) in [5.41, 5.74) is 5.35. The van der Waals surface area contributed by atoms with E-state index < -0.39 is 5.54 Å². The molecule has 96 valence electrons. The summed E-state index contributed by atoms with van der Waals surface area (Å²) in [5, 5.41) is 8.83. The number of aliphatic hydroxyl groups excluding tert-OH is 1. The zero-order valence-electron chi connectivity index (χ0n) is 11.0. The van der Waals surface area contributed by atoms with Gasteiger partial charge in [0.25, 0.3) is 0 Å². The largest absolute Gasteiger partial charge is 0.396 e. The summed E-state index contributed by atoms with van der Waals surface area (Å²) in [5.74, 6) is 0.000880. The Balaban J connectivity index is 4.72. The summed E-state index contributed by atoms with van der Waals surface area (Å²) >= 11 is 0. The Morgan fingerprint density at radius 3 is 2.19 bits per heavy atom. The van der Waals surface area contributed by atoms with Crippen LogP contribution in [0.15, 0.2) is 0 Å². The molecular formula is C12H26N2O2. The average Bonchev–Trinajstić information content (AvgIpc) is 2.27. The van der Waals surface area contributed by atoms with E-state index >= 15 is 0 Å². The van der Waals surface area contributed by atoms with E-state index in [1.807, 2.05) is 27.7 Å². The van der Waals surface area contributed by atoms with Crippen LogP contribution in [0.25, 0.3) is 0 Å². The number of aliphatic hydroxyl groups is 1. The second-order valence-electron chi connectivity index (χ2n) is 4.53. The Morgan fingerprint density at radius 2 is 1.88 bits per heavy atom. The molecule has 0 atom stereocenters. The third kappa shape index (κ3) is 3.76. The molecule has 0 spiro atoms. The van der Waals surface area contributed by atoms with E-state index in [0.29, 0.717) is 25.8 Å². The maximum atomic E-state index is 12.3. The van der Waals surface area contributed by atoms with Gasteiger partial charge in [0.05, 0.1) is 5.54 Å². The smallest absolute Gasteiger partial charge is 0.242 e. The highest BCUT2D eigenvalue weighted by Crippen LogP contribution is 2.17. The minimum Gasteiger partial charge on any atom is -0.396 e. The predicted octanol–water partition coefficient (Wildman–Crippen LogP) is 1.12. The van der Waals surface area contributed by atoms with E-state index in [2.05, 4.69) is 0 Å². The summed E-state index contributed by atoms with van der Waals surface area (Å²) in [6, 6.07) is 0.125. The van der Waals surface area contributed by atoms with E-state index in [1.165, 1.54) is 0 Å². The van der Waals surface area contributed by atoms with Crippen molar-refractivity contribution >= 4 is 5.91 Å². The first-order chi connectivity index (χ1) is 7.42. The van der Waals surface area contributed by atoms with Gasteiger partial charge in [-0.3, -0.25) is 4.79 Å². The molecule has 16 heavy (non-hydrogen) atoms. The molecule has 0 unspecified atom stereocenters. The van der Waals surface area contributed by atoms with Crippen LogP contribution in [0.4, 0.5) is 0 Å². The van der Waals surface area contributed by atoms with Crippen molar-refractivity contribution in [3.05, 3.63) is 0 Å². The zero-order valence-corrected chi connectivity index (χ0v) is 11.0. The maximum Gasteiger partial charge on any atom is 0.242 e. The van der Waals surface area contributed by atoms with Gasteiger partial charge in [-0.05, 0) is 33.1 Å². The number of carbonyl (C=O) groups is 1. The molecule has 0 saturated heterocycles. The molecule has 0 aliphatic carbocycles. The predicted molar refractivity (Wildman–Crippen MR) is 66.1 cm³/mol. The molecule has 0 radical (unpaired) electrons. The molecule has 0 aliphatic heterocycles. The first-order valence-corrected chi connectivity index (χ1v) is 6.13. The lowest BCUT2D eigenvalue weighted by atomic mass is 9.92. The molecule has 0 aliphatic rings. The fraction of sp³-hybridized carbons (Fsp3) is 0.917.